The highest BCUT2D eigenvalue weighted by Crippen LogP contribution is 2.15. The van der Waals surface area contributed by atoms with Crippen molar-refractivity contribution in [1.82, 2.24) is 0 Å². The Labute approximate surface area is 81.7 Å². The van der Waals surface area contributed by atoms with Crippen molar-refractivity contribution < 1.29 is 17.4 Å². The zero-order valence-electron chi connectivity index (χ0n) is 6.69. The molecule has 1 aromatic rings. The van der Waals surface area contributed by atoms with Crippen LogP contribution in [0.25, 0.3) is 0 Å². The summed E-state index contributed by atoms with van der Waals surface area (Å²) in [5, 5.41) is 0. The molecular weight excluding hydrogens is 219 g/mol. The van der Waals surface area contributed by atoms with Gasteiger partial charge in [0.25, 0.3) is 10.1 Å². The summed E-state index contributed by atoms with van der Waals surface area (Å²) in [6.07, 6.45) is 0. The smallest absolute Gasteiger partial charge is 0.282 e. The lowest BCUT2D eigenvalue weighted by atomic mass is 10.2. The fraction of sp³-hybridized carbons (Fsp3) is 0.143. The van der Waals surface area contributed by atoms with Crippen LogP contribution in [0.15, 0.2) is 23.1 Å². The molecule has 0 spiro atoms. The lowest BCUT2D eigenvalue weighted by Crippen LogP contribution is -2.01. The highest BCUT2D eigenvalue weighted by Gasteiger charge is 2.13. The zero-order chi connectivity index (χ0) is 9.35. The summed E-state index contributed by atoms with van der Waals surface area (Å²) >= 11 is 0. The average molecular weight is 227 g/mol. The van der Waals surface area contributed by atoms with Gasteiger partial charge in [-0.1, -0.05) is 6.07 Å². The van der Waals surface area contributed by atoms with Gasteiger partial charge in [0.2, 0.25) is 0 Å². The first-order valence-corrected chi connectivity index (χ1v) is 4.59. The molecule has 0 aliphatic heterocycles. The van der Waals surface area contributed by atoms with Gasteiger partial charge in [0.15, 0.2) is 0 Å². The van der Waals surface area contributed by atoms with Crippen molar-refractivity contribution in [1.29, 1.82) is 0 Å². The van der Waals surface area contributed by atoms with Crippen LogP contribution in [0.2, 0.25) is 0 Å². The van der Waals surface area contributed by atoms with Gasteiger partial charge in [-0.3, -0.25) is 4.55 Å². The van der Waals surface area contributed by atoms with Crippen LogP contribution >= 0.6 is 12.4 Å². The van der Waals surface area contributed by atoms with Crippen LogP contribution < -0.4 is 0 Å². The number of benzene rings is 1. The van der Waals surface area contributed by atoms with E-state index < -0.39 is 15.9 Å². The number of aryl methyl sites for hydroxylation is 1. The second-order valence-corrected chi connectivity index (χ2v) is 3.77. The third-order valence-electron chi connectivity index (χ3n) is 1.43. The van der Waals surface area contributed by atoms with Crippen LogP contribution in [0.5, 0.6) is 0 Å². The Bertz CT molecular complexity index is 402. The molecule has 1 rings (SSSR count). The van der Waals surface area contributed by atoms with E-state index in [9.17, 15) is 12.8 Å². The molecule has 0 aliphatic rings. The van der Waals surface area contributed by atoms with Gasteiger partial charge >= 0.3 is 0 Å². The highest BCUT2D eigenvalue weighted by atomic mass is 35.5. The monoisotopic (exact) mass is 226 g/mol. The minimum absolute atomic E-state index is 0. The van der Waals surface area contributed by atoms with Crippen molar-refractivity contribution in [2.75, 3.05) is 0 Å². The average Bonchev–Trinajstić information content (AvgIpc) is 1.92. The van der Waals surface area contributed by atoms with Crippen LogP contribution in [0.4, 0.5) is 4.39 Å². The van der Waals surface area contributed by atoms with Crippen LogP contribution in [0, 0.1) is 12.7 Å². The summed E-state index contributed by atoms with van der Waals surface area (Å²) < 4.78 is 42.3. The molecule has 0 saturated carbocycles. The largest absolute Gasteiger partial charge is 0.294 e. The molecule has 6 heteroatoms. The van der Waals surface area contributed by atoms with E-state index >= 15 is 0 Å². The first kappa shape index (κ1) is 12.3. The third kappa shape index (κ3) is 2.95. The van der Waals surface area contributed by atoms with E-state index in [1.807, 2.05) is 0 Å². The minimum atomic E-state index is -4.30. The highest BCUT2D eigenvalue weighted by molar-refractivity contribution is 7.85. The normalized spacial score (nSPS) is 10.7. The standard InChI is InChI=1S/C7H7FO3S.ClH/c1-5-2-3-6(8)4-7(5)12(9,10)11;/h2-4H,1H3,(H,9,10,11);1H. The number of rotatable bonds is 1. The molecule has 0 aliphatic carbocycles. The zero-order valence-corrected chi connectivity index (χ0v) is 8.32. The Balaban J connectivity index is 0.00000144. The minimum Gasteiger partial charge on any atom is -0.282 e. The van der Waals surface area contributed by atoms with Crippen molar-refractivity contribution in [2.45, 2.75) is 11.8 Å². The van der Waals surface area contributed by atoms with Crippen molar-refractivity contribution >= 4 is 22.5 Å². The van der Waals surface area contributed by atoms with Gasteiger partial charge in [-0.2, -0.15) is 8.42 Å². The molecule has 0 amide bonds. The van der Waals surface area contributed by atoms with E-state index in [2.05, 4.69) is 0 Å². The molecule has 0 unspecified atom stereocenters. The van der Waals surface area contributed by atoms with E-state index in [0.29, 0.717) is 5.56 Å². The first-order chi connectivity index (χ1) is 5.41. The number of hydrogen-bond donors (Lipinski definition) is 1. The maximum atomic E-state index is 12.5. The fourth-order valence-corrected chi connectivity index (χ4v) is 1.59. The lowest BCUT2D eigenvalue weighted by Gasteiger charge is -2.00. The van der Waals surface area contributed by atoms with E-state index in [1.165, 1.54) is 13.0 Å². The van der Waals surface area contributed by atoms with E-state index in [4.69, 9.17) is 4.55 Å². The maximum absolute atomic E-state index is 12.5. The van der Waals surface area contributed by atoms with E-state index in [1.54, 1.807) is 0 Å². The lowest BCUT2D eigenvalue weighted by molar-refractivity contribution is 0.481. The summed E-state index contributed by atoms with van der Waals surface area (Å²) in [6, 6.07) is 3.20. The topological polar surface area (TPSA) is 54.4 Å². The Kier molecular flexibility index (Phi) is 3.84. The third-order valence-corrected chi connectivity index (χ3v) is 2.42. The van der Waals surface area contributed by atoms with Gasteiger partial charge in [-0.15, -0.1) is 12.4 Å². The molecule has 0 aromatic heterocycles. The SMILES string of the molecule is Cc1ccc(F)cc1S(=O)(=O)O.Cl. The molecule has 0 atom stereocenters. The Morgan fingerprint density at radius 2 is 1.92 bits per heavy atom. The molecule has 1 aromatic carbocycles. The van der Waals surface area contributed by atoms with Gasteiger partial charge in [0, 0.05) is 0 Å². The second kappa shape index (κ2) is 4.04. The van der Waals surface area contributed by atoms with Crippen LogP contribution in [-0.2, 0) is 10.1 Å². The molecule has 0 saturated heterocycles. The Morgan fingerprint density at radius 1 is 1.38 bits per heavy atom. The van der Waals surface area contributed by atoms with E-state index in [0.717, 1.165) is 12.1 Å². The van der Waals surface area contributed by atoms with Gasteiger partial charge in [0.1, 0.15) is 5.82 Å². The van der Waals surface area contributed by atoms with Crippen LogP contribution in [0.3, 0.4) is 0 Å². The summed E-state index contributed by atoms with van der Waals surface area (Å²) in [5.74, 6) is -0.687. The van der Waals surface area contributed by atoms with Crippen molar-refractivity contribution in [3.05, 3.63) is 29.6 Å². The Hall–Kier alpha value is -0.650. The quantitative estimate of drug-likeness (QED) is 0.743. The molecule has 0 radical (unpaired) electrons. The Morgan fingerprint density at radius 3 is 2.31 bits per heavy atom. The summed E-state index contributed by atoms with van der Waals surface area (Å²) in [6.45, 7) is 1.47. The van der Waals surface area contributed by atoms with Crippen molar-refractivity contribution in [3.8, 4) is 0 Å². The molecular formula is C7H8ClFO3S. The van der Waals surface area contributed by atoms with Crippen LogP contribution in [-0.4, -0.2) is 13.0 Å². The molecule has 13 heavy (non-hydrogen) atoms. The summed E-state index contributed by atoms with van der Waals surface area (Å²) in [5.41, 5.74) is 0.318. The molecule has 3 nitrogen and oxygen atoms in total. The van der Waals surface area contributed by atoms with Gasteiger partial charge < -0.3 is 0 Å². The summed E-state index contributed by atoms with van der Waals surface area (Å²) in [7, 11) is -4.30. The fourth-order valence-electron chi connectivity index (χ4n) is 0.852. The van der Waals surface area contributed by atoms with Crippen molar-refractivity contribution in [3.63, 3.8) is 0 Å². The maximum Gasteiger partial charge on any atom is 0.294 e. The van der Waals surface area contributed by atoms with Crippen LogP contribution in [0.1, 0.15) is 5.56 Å². The molecule has 0 heterocycles. The van der Waals surface area contributed by atoms with Gasteiger partial charge in [0.05, 0.1) is 4.90 Å². The molecule has 1 N–H and O–H groups in total. The first-order valence-electron chi connectivity index (χ1n) is 3.15. The molecule has 0 fully saturated rings. The number of halogens is 2. The van der Waals surface area contributed by atoms with Gasteiger partial charge in [-0.05, 0) is 24.6 Å². The number of hydrogen-bond acceptors (Lipinski definition) is 2. The predicted octanol–water partition coefficient (Wildman–Crippen LogP) is 1.80. The van der Waals surface area contributed by atoms with Gasteiger partial charge in [-0.25, -0.2) is 4.39 Å². The molecule has 0 bridgehead atoms. The molecule has 74 valence electrons. The predicted molar refractivity (Wildman–Crippen MR) is 48.2 cm³/mol. The second-order valence-electron chi connectivity index (χ2n) is 2.38. The van der Waals surface area contributed by atoms with Crippen molar-refractivity contribution in [2.24, 2.45) is 0 Å². The van der Waals surface area contributed by atoms with E-state index in [-0.39, 0.29) is 17.3 Å². The summed E-state index contributed by atoms with van der Waals surface area (Å²) in [4.78, 5) is -0.387.